The highest BCUT2D eigenvalue weighted by molar-refractivity contribution is 5.97. The Morgan fingerprint density at radius 1 is 1.03 bits per heavy atom. The standard InChI is InChI=1S/C25H31FN2O3/c1-17(2)23(27-25(30)20-6-10-22(31-3)11-7-20)16-28-14-12-19(13-15-28)24(29)18-4-8-21(26)9-5-18/h4-11,17,19,23H,12-16H2,1-3H3,(H,27,30). The van der Waals surface area contributed by atoms with Crippen LogP contribution in [0.15, 0.2) is 48.5 Å². The van der Waals surface area contributed by atoms with Gasteiger partial charge in [-0.2, -0.15) is 0 Å². The SMILES string of the molecule is COc1ccc(C(=O)NC(CN2CCC(C(=O)c3ccc(F)cc3)CC2)C(C)C)cc1. The monoisotopic (exact) mass is 426 g/mol. The van der Waals surface area contributed by atoms with Gasteiger partial charge in [0.15, 0.2) is 5.78 Å². The maximum absolute atomic E-state index is 13.1. The summed E-state index contributed by atoms with van der Waals surface area (Å²) in [6.07, 6.45) is 1.54. The van der Waals surface area contributed by atoms with E-state index < -0.39 is 0 Å². The Morgan fingerprint density at radius 2 is 1.61 bits per heavy atom. The van der Waals surface area contributed by atoms with E-state index in [-0.39, 0.29) is 35.4 Å². The molecule has 1 fully saturated rings. The number of carbonyl (C=O) groups is 2. The van der Waals surface area contributed by atoms with Crippen LogP contribution < -0.4 is 10.1 Å². The van der Waals surface area contributed by atoms with Crippen LogP contribution in [0.2, 0.25) is 0 Å². The van der Waals surface area contributed by atoms with E-state index in [1.165, 1.54) is 12.1 Å². The van der Waals surface area contributed by atoms with E-state index in [4.69, 9.17) is 4.74 Å². The molecule has 1 amide bonds. The molecule has 0 spiro atoms. The summed E-state index contributed by atoms with van der Waals surface area (Å²) in [6, 6.07) is 12.9. The van der Waals surface area contributed by atoms with Crippen LogP contribution in [0.5, 0.6) is 5.75 Å². The number of nitrogens with one attached hydrogen (secondary N) is 1. The van der Waals surface area contributed by atoms with Gasteiger partial charge in [-0.3, -0.25) is 9.59 Å². The van der Waals surface area contributed by atoms with Crippen molar-refractivity contribution in [1.82, 2.24) is 10.2 Å². The minimum atomic E-state index is -0.331. The highest BCUT2D eigenvalue weighted by Gasteiger charge is 2.28. The van der Waals surface area contributed by atoms with E-state index in [2.05, 4.69) is 24.1 Å². The molecule has 1 aliphatic rings. The number of ketones is 1. The number of carbonyl (C=O) groups excluding carboxylic acids is 2. The summed E-state index contributed by atoms with van der Waals surface area (Å²) in [5.74, 6) is 0.627. The fourth-order valence-electron chi connectivity index (χ4n) is 3.92. The minimum absolute atomic E-state index is 0.0129. The van der Waals surface area contributed by atoms with E-state index in [0.717, 1.165) is 38.2 Å². The summed E-state index contributed by atoms with van der Waals surface area (Å²) in [4.78, 5) is 27.7. The molecule has 2 aromatic rings. The van der Waals surface area contributed by atoms with Gasteiger partial charge in [0.2, 0.25) is 0 Å². The molecular weight excluding hydrogens is 395 g/mol. The maximum atomic E-state index is 13.1. The van der Waals surface area contributed by atoms with Gasteiger partial charge in [0.25, 0.3) is 5.91 Å². The Morgan fingerprint density at radius 3 is 2.16 bits per heavy atom. The predicted molar refractivity (Wildman–Crippen MR) is 119 cm³/mol. The van der Waals surface area contributed by atoms with E-state index >= 15 is 0 Å². The molecule has 1 aliphatic heterocycles. The third-order valence-corrected chi connectivity index (χ3v) is 6.02. The van der Waals surface area contributed by atoms with Gasteiger partial charge >= 0.3 is 0 Å². The van der Waals surface area contributed by atoms with Gasteiger partial charge in [-0.15, -0.1) is 0 Å². The summed E-state index contributed by atoms with van der Waals surface area (Å²) in [5, 5.41) is 3.16. The molecule has 1 atom stereocenters. The van der Waals surface area contributed by atoms with Crippen molar-refractivity contribution in [1.29, 1.82) is 0 Å². The molecule has 6 heteroatoms. The number of piperidine rings is 1. The van der Waals surface area contributed by atoms with E-state index in [9.17, 15) is 14.0 Å². The number of methoxy groups -OCH3 is 1. The molecule has 0 bridgehead atoms. The largest absolute Gasteiger partial charge is 0.497 e. The summed E-state index contributed by atoms with van der Waals surface area (Å²) in [5.41, 5.74) is 1.18. The van der Waals surface area contributed by atoms with Crippen molar-refractivity contribution in [3.05, 3.63) is 65.5 Å². The number of ether oxygens (including phenoxy) is 1. The van der Waals surface area contributed by atoms with Crippen LogP contribution in [0, 0.1) is 17.7 Å². The maximum Gasteiger partial charge on any atom is 0.251 e. The van der Waals surface area contributed by atoms with Gasteiger partial charge in [-0.1, -0.05) is 13.8 Å². The summed E-state index contributed by atoms with van der Waals surface area (Å²) in [6.45, 7) is 6.56. The Hall–Kier alpha value is -2.73. The predicted octanol–water partition coefficient (Wildman–Crippen LogP) is 4.18. The summed E-state index contributed by atoms with van der Waals surface area (Å²) in [7, 11) is 1.60. The van der Waals surface area contributed by atoms with Crippen LogP contribution in [0.4, 0.5) is 4.39 Å². The van der Waals surface area contributed by atoms with Crippen LogP contribution in [0.25, 0.3) is 0 Å². The first-order valence-electron chi connectivity index (χ1n) is 10.8. The average molecular weight is 427 g/mol. The minimum Gasteiger partial charge on any atom is -0.497 e. The number of Topliss-reactive ketones (excluding diaryl/α,β-unsaturated/α-hetero) is 1. The second-order valence-corrected chi connectivity index (χ2v) is 8.50. The number of nitrogens with zero attached hydrogens (tertiary/aromatic N) is 1. The quantitative estimate of drug-likeness (QED) is 0.644. The van der Waals surface area contributed by atoms with Crippen molar-refractivity contribution in [2.24, 2.45) is 11.8 Å². The fourth-order valence-corrected chi connectivity index (χ4v) is 3.92. The molecule has 1 saturated heterocycles. The van der Waals surface area contributed by atoms with Gasteiger partial charge in [0.05, 0.1) is 7.11 Å². The number of benzene rings is 2. The zero-order chi connectivity index (χ0) is 22.4. The van der Waals surface area contributed by atoms with Gasteiger partial charge in [-0.05, 0) is 80.4 Å². The first-order valence-corrected chi connectivity index (χ1v) is 10.8. The van der Waals surface area contributed by atoms with E-state index in [1.54, 1.807) is 43.5 Å². The number of rotatable bonds is 8. The number of likely N-dealkylation sites (tertiary alicyclic amines) is 1. The van der Waals surface area contributed by atoms with E-state index in [1.807, 2.05) is 0 Å². The highest BCUT2D eigenvalue weighted by atomic mass is 19.1. The Bertz CT molecular complexity index is 873. The Kier molecular flexibility index (Phi) is 7.80. The lowest BCUT2D eigenvalue weighted by atomic mass is 9.88. The lowest BCUT2D eigenvalue weighted by molar-refractivity contribution is 0.0811. The lowest BCUT2D eigenvalue weighted by Gasteiger charge is -2.35. The summed E-state index contributed by atoms with van der Waals surface area (Å²) < 4.78 is 18.3. The average Bonchev–Trinajstić information content (AvgIpc) is 2.79. The first kappa shape index (κ1) is 22.9. The molecule has 1 unspecified atom stereocenters. The first-order chi connectivity index (χ1) is 14.9. The van der Waals surface area contributed by atoms with E-state index in [0.29, 0.717) is 11.1 Å². The molecule has 0 aromatic heterocycles. The topological polar surface area (TPSA) is 58.6 Å². The number of amides is 1. The lowest BCUT2D eigenvalue weighted by Crippen LogP contribution is -2.49. The van der Waals surface area contributed by atoms with Crippen molar-refractivity contribution in [3.63, 3.8) is 0 Å². The zero-order valence-corrected chi connectivity index (χ0v) is 18.4. The van der Waals surface area contributed by atoms with Gasteiger partial charge in [0.1, 0.15) is 11.6 Å². The summed E-state index contributed by atoms with van der Waals surface area (Å²) >= 11 is 0. The molecule has 1 heterocycles. The van der Waals surface area contributed by atoms with Crippen LogP contribution in [0.1, 0.15) is 47.4 Å². The highest BCUT2D eigenvalue weighted by Crippen LogP contribution is 2.23. The second kappa shape index (κ2) is 10.5. The van der Waals surface area contributed by atoms with Crippen LogP contribution >= 0.6 is 0 Å². The number of hydrogen-bond donors (Lipinski definition) is 1. The van der Waals surface area contributed by atoms with Crippen LogP contribution in [0.3, 0.4) is 0 Å². The Balaban J connectivity index is 1.53. The molecule has 1 N–H and O–H groups in total. The molecule has 0 saturated carbocycles. The fraction of sp³-hybridized carbons (Fsp3) is 0.440. The zero-order valence-electron chi connectivity index (χ0n) is 18.4. The molecule has 166 valence electrons. The van der Waals surface area contributed by atoms with Crippen molar-refractivity contribution in [3.8, 4) is 5.75 Å². The Labute approximate surface area is 183 Å². The van der Waals surface area contributed by atoms with Gasteiger partial charge < -0.3 is 15.0 Å². The van der Waals surface area contributed by atoms with Crippen LogP contribution in [-0.4, -0.2) is 49.4 Å². The third-order valence-electron chi connectivity index (χ3n) is 6.02. The molecule has 0 radical (unpaired) electrons. The van der Waals surface area contributed by atoms with Crippen molar-refractivity contribution < 1.29 is 18.7 Å². The van der Waals surface area contributed by atoms with Crippen LogP contribution in [-0.2, 0) is 0 Å². The van der Waals surface area contributed by atoms with Crippen molar-refractivity contribution in [2.45, 2.75) is 32.7 Å². The third kappa shape index (κ3) is 6.14. The molecule has 2 aromatic carbocycles. The number of hydrogen-bond acceptors (Lipinski definition) is 4. The van der Waals surface area contributed by atoms with Crippen molar-refractivity contribution in [2.75, 3.05) is 26.7 Å². The second-order valence-electron chi connectivity index (χ2n) is 8.50. The van der Waals surface area contributed by atoms with Gasteiger partial charge in [-0.25, -0.2) is 4.39 Å². The van der Waals surface area contributed by atoms with Crippen molar-refractivity contribution >= 4 is 11.7 Å². The molecule has 5 nitrogen and oxygen atoms in total. The molecule has 0 aliphatic carbocycles. The number of halogens is 1. The molecular formula is C25H31FN2O3. The van der Waals surface area contributed by atoms with Gasteiger partial charge in [0, 0.05) is 29.6 Å². The normalized spacial score (nSPS) is 16.2. The molecule has 31 heavy (non-hydrogen) atoms. The molecule has 3 rings (SSSR count). The smallest absolute Gasteiger partial charge is 0.251 e.